The fraction of sp³-hybridized carbons (Fsp3) is 0.364. The van der Waals surface area contributed by atoms with Crippen LogP contribution in [0.3, 0.4) is 0 Å². The van der Waals surface area contributed by atoms with E-state index >= 15 is 0 Å². The summed E-state index contributed by atoms with van der Waals surface area (Å²) in [5.74, 6) is 0. The van der Waals surface area contributed by atoms with E-state index in [1.807, 2.05) is 6.07 Å². The summed E-state index contributed by atoms with van der Waals surface area (Å²) in [4.78, 5) is 0. The summed E-state index contributed by atoms with van der Waals surface area (Å²) in [6, 6.07) is 7.30. The maximum absolute atomic E-state index is 11.1. The summed E-state index contributed by atoms with van der Waals surface area (Å²) in [6.45, 7) is 0.561. The van der Waals surface area contributed by atoms with E-state index in [1.165, 1.54) is 0 Å². The maximum atomic E-state index is 11.1. The zero-order valence-corrected chi connectivity index (χ0v) is 10.2. The van der Waals surface area contributed by atoms with Gasteiger partial charge in [0.1, 0.15) is 0 Å². The van der Waals surface area contributed by atoms with Crippen LogP contribution in [0, 0.1) is 11.3 Å². The zero-order valence-electron chi connectivity index (χ0n) is 9.40. The second-order valence-electron chi connectivity index (χ2n) is 4.16. The van der Waals surface area contributed by atoms with Crippen LogP contribution in [0.4, 0.5) is 5.69 Å². The molecule has 1 unspecified atom stereocenters. The molecule has 1 aromatic carbocycles. The monoisotopic (exact) mass is 251 g/mol. The van der Waals surface area contributed by atoms with Crippen molar-refractivity contribution in [2.24, 2.45) is 0 Å². The quantitative estimate of drug-likeness (QED) is 0.799. The minimum atomic E-state index is -3.20. The van der Waals surface area contributed by atoms with Crippen LogP contribution in [0.25, 0.3) is 0 Å². The summed E-state index contributed by atoms with van der Waals surface area (Å²) >= 11 is 0. The van der Waals surface area contributed by atoms with Gasteiger partial charge in [0, 0.05) is 18.3 Å². The van der Waals surface area contributed by atoms with Crippen molar-refractivity contribution >= 4 is 15.7 Å². The van der Waals surface area contributed by atoms with Crippen molar-refractivity contribution in [1.82, 2.24) is 4.72 Å². The van der Waals surface area contributed by atoms with Gasteiger partial charge in [-0.1, -0.05) is 0 Å². The number of nitriles is 1. The minimum Gasteiger partial charge on any atom is -0.383 e. The van der Waals surface area contributed by atoms with Gasteiger partial charge >= 0.3 is 0 Å². The lowest BCUT2D eigenvalue weighted by atomic mass is 9.98. The van der Waals surface area contributed by atoms with E-state index in [9.17, 15) is 8.42 Å². The molecule has 0 amide bonds. The number of rotatable bonds is 2. The van der Waals surface area contributed by atoms with Crippen molar-refractivity contribution in [2.75, 3.05) is 18.1 Å². The average Bonchev–Trinajstić information content (AvgIpc) is 2.26. The number of fused-ring (bicyclic) bond motifs is 1. The van der Waals surface area contributed by atoms with Crippen LogP contribution < -0.4 is 10.0 Å². The van der Waals surface area contributed by atoms with Crippen LogP contribution in [-0.4, -0.2) is 27.3 Å². The lowest BCUT2D eigenvalue weighted by Gasteiger charge is -2.26. The second-order valence-corrected chi connectivity index (χ2v) is 5.94. The van der Waals surface area contributed by atoms with Crippen molar-refractivity contribution in [3.63, 3.8) is 0 Å². The number of nitrogens with zero attached hydrogens (tertiary/aromatic N) is 1. The lowest BCUT2D eigenvalue weighted by Crippen LogP contribution is -2.43. The molecule has 2 N–H and O–H groups in total. The summed E-state index contributed by atoms with van der Waals surface area (Å²) in [7, 11) is -3.20. The smallest absolute Gasteiger partial charge is 0.209 e. The first-order valence-electron chi connectivity index (χ1n) is 5.22. The SMILES string of the molecule is CS(=O)(=O)NC1CNc2ccc(C#N)cc2C1. The summed E-state index contributed by atoms with van der Waals surface area (Å²) < 4.78 is 24.8. The molecule has 0 radical (unpaired) electrons. The predicted octanol–water partition coefficient (Wildman–Crippen LogP) is 0.444. The third-order valence-electron chi connectivity index (χ3n) is 2.62. The summed E-state index contributed by atoms with van der Waals surface area (Å²) in [5.41, 5.74) is 2.53. The zero-order chi connectivity index (χ0) is 12.5. The second kappa shape index (κ2) is 4.35. The topological polar surface area (TPSA) is 82.0 Å². The number of anilines is 1. The Morgan fingerprint density at radius 3 is 2.94 bits per heavy atom. The van der Waals surface area contributed by atoms with Crippen LogP contribution in [0.2, 0.25) is 0 Å². The molecule has 0 fully saturated rings. The standard InChI is InChI=1S/C11H13N3O2S/c1-17(15,16)14-10-5-9-4-8(6-12)2-3-11(9)13-7-10/h2-4,10,13-14H,5,7H2,1H3. The molecular weight excluding hydrogens is 238 g/mol. The van der Waals surface area contributed by atoms with Crippen LogP contribution in [0.5, 0.6) is 0 Å². The number of benzene rings is 1. The first-order valence-corrected chi connectivity index (χ1v) is 7.11. The van der Waals surface area contributed by atoms with Gasteiger partial charge in [0.2, 0.25) is 10.0 Å². The molecule has 1 heterocycles. The van der Waals surface area contributed by atoms with Gasteiger partial charge in [0.25, 0.3) is 0 Å². The van der Waals surface area contributed by atoms with Crippen LogP contribution in [0.1, 0.15) is 11.1 Å². The van der Waals surface area contributed by atoms with E-state index < -0.39 is 10.0 Å². The predicted molar refractivity (Wildman–Crippen MR) is 65.1 cm³/mol. The van der Waals surface area contributed by atoms with Crippen LogP contribution >= 0.6 is 0 Å². The molecule has 1 aromatic rings. The Labute approximate surface area is 101 Å². The normalized spacial score (nSPS) is 18.9. The van der Waals surface area contributed by atoms with E-state index in [1.54, 1.807) is 12.1 Å². The molecule has 0 spiro atoms. The van der Waals surface area contributed by atoms with Gasteiger partial charge in [0.05, 0.1) is 17.9 Å². The van der Waals surface area contributed by atoms with Gasteiger partial charge in [-0.2, -0.15) is 5.26 Å². The number of nitrogens with one attached hydrogen (secondary N) is 2. The molecular formula is C11H13N3O2S. The molecule has 2 rings (SSSR count). The van der Waals surface area contributed by atoms with Crippen LogP contribution in [-0.2, 0) is 16.4 Å². The van der Waals surface area contributed by atoms with Crippen molar-refractivity contribution in [2.45, 2.75) is 12.5 Å². The molecule has 0 aliphatic carbocycles. The summed E-state index contributed by atoms with van der Waals surface area (Å²) in [6.07, 6.45) is 1.75. The molecule has 0 saturated carbocycles. The third kappa shape index (κ3) is 2.96. The highest BCUT2D eigenvalue weighted by Gasteiger charge is 2.20. The average molecular weight is 251 g/mol. The van der Waals surface area contributed by atoms with Crippen molar-refractivity contribution < 1.29 is 8.42 Å². The Balaban J connectivity index is 2.20. The van der Waals surface area contributed by atoms with E-state index in [0.29, 0.717) is 18.5 Å². The number of sulfonamides is 1. The molecule has 0 aromatic heterocycles. The molecule has 6 heteroatoms. The number of hydrogen-bond donors (Lipinski definition) is 2. The highest BCUT2D eigenvalue weighted by Crippen LogP contribution is 2.23. The van der Waals surface area contributed by atoms with Crippen molar-refractivity contribution in [1.29, 1.82) is 5.26 Å². The highest BCUT2D eigenvalue weighted by atomic mass is 32.2. The van der Waals surface area contributed by atoms with Crippen molar-refractivity contribution in [3.8, 4) is 6.07 Å². The lowest BCUT2D eigenvalue weighted by molar-refractivity contribution is 0.554. The molecule has 17 heavy (non-hydrogen) atoms. The Morgan fingerprint density at radius 2 is 2.29 bits per heavy atom. The third-order valence-corrected chi connectivity index (χ3v) is 3.38. The molecule has 0 saturated heterocycles. The van der Waals surface area contributed by atoms with Crippen molar-refractivity contribution in [3.05, 3.63) is 29.3 Å². The number of hydrogen-bond acceptors (Lipinski definition) is 4. The molecule has 1 aliphatic rings. The van der Waals surface area contributed by atoms with E-state index in [0.717, 1.165) is 17.5 Å². The fourth-order valence-electron chi connectivity index (χ4n) is 1.96. The van der Waals surface area contributed by atoms with Gasteiger partial charge in [0.15, 0.2) is 0 Å². The Morgan fingerprint density at radius 1 is 1.53 bits per heavy atom. The first-order chi connectivity index (χ1) is 7.98. The molecule has 5 nitrogen and oxygen atoms in total. The Bertz CT molecular complexity index is 575. The van der Waals surface area contributed by atoms with Gasteiger partial charge < -0.3 is 5.32 Å². The van der Waals surface area contributed by atoms with Crippen LogP contribution in [0.15, 0.2) is 18.2 Å². The molecule has 90 valence electrons. The largest absolute Gasteiger partial charge is 0.383 e. The maximum Gasteiger partial charge on any atom is 0.209 e. The first kappa shape index (κ1) is 11.9. The van der Waals surface area contributed by atoms with Gasteiger partial charge in [-0.05, 0) is 30.2 Å². The molecule has 1 atom stereocenters. The highest BCUT2D eigenvalue weighted by molar-refractivity contribution is 7.88. The Hall–Kier alpha value is -1.58. The van der Waals surface area contributed by atoms with E-state index in [4.69, 9.17) is 5.26 Å². The van der Waals surface area contributed by atoms with Gasteiger partial charge in [-0.25, -0.2) is 13.1 Å². The molecule has 0 bridgehead atoms. The minimum absolute atomic E-state index is 0.161. The molecule has 1 aliphatic heterocycles. The van der Waals surface area contributed by atoms with Gasteiger partial charge in [-0.15, -0.1) is 0 Å². The fourth-order valence-corrected chi connectivity index (χ4v) is 2.73. The van der Waals surface area contributed by atoms with Gasteiger partial charge in [-0.3, -0.25) is 0 Å². The van der Waals surface area contributed by atoms with E-state index in [2.05, 4.69) is 16.1 Å². The summed E-state index contributed by atoms with van der Waals surface area (Å²) in [5, 5.41) is 12.0. The Kier molecular flexibility index (Phi) is 3.05. The van der Waals surface area contributed by atoms with E-state index in [-0.39, 0.29) is 6.04 Å².